The molecule has 1 aliphatic rings. The van der Waals surface area contributed by atoms with E-state index in [1.54, 1.807) is 30.3 Å². The molecule has 36 heavy (non-hydrogen) atoms. The van der Waals surface area contributed by atoms with Gasteiger partial charge in [0, 0.05) is 5.69 Å². The summed E-state index contributed by atoms with van der Waals surface area (Å²) in [4.78, 5) is 38.8. The molecule has 0 saturated carbocycles. The molecule has 1 fully saturated rings. The number of anilines is 1. The Morgan fingerprint density at radius 1 is 0.944 bits per heavy atom. The number of thioether (sulfide) groups is 1. The second-order valence-electron chi connectivity index (χ2n) is 8.22. The zero-order valence-corrected chi connectivity index (χ0v) is 20.8. The lowest BCUT2D eigenvalue weighted by molar-refractivity contribution is -0.123. The first-order valence-electron chi connectivity index (χ1n) is 11.4. The van der Waals surface area contributed by atoms with Gasteiger partial charge in [-0.15, -0.1) is 0 Å². The van der Waals surface area contributed by atoms with Gasteiger partial charge in [0.2, 0.25) is 0 Å². The van der Waals surface area contributed by atoms with Crippen LogP contribution in [0, 0.1) is 13.8 Å². The first-order chi connectivity index (χ1) is 17.4. The van der Waals surface area contributed by atoms with E-state index in [4.69, 9.17) is 9.47 Å². The molecule has 1 heterocycles. The molecule has 0 aliphatic carbocycles. The van der Waals surface area contributed by atoms with Crippen LogP contribution < -0.4 is 14.8 Å². The normalized spacial score (nSPS) is 14.3. The molecule has 0 bridgehead atoms. The number of amides is 3. The van der Waals surface area contributed by atoms with Gasteiger partial charge in [0.15, 0.2) is 6.61 Å². The fourth-order valence-corrected chi connectivity index (χ4v) is 4.43. The molecule has 0 unspecified atom stereocenters. The summed E-state index contributed by atoms with van der Waals surface area (Å²) in [5, 5.41) is 2.52. The van der Waals surface area contributed by atoms with Crippen LogP contribution in [0.15, 0.2) is 77.7 Å². The monoisotopic (exact) mass is 502 g/mol. The Kier molecular flexibility index (Phi) is 8.07. The van der Waals surface area contributed by atoms with Gasteiger partial charge in [-0.05, 0) is 73.1 Å². The molecule has 1 saturated heterocycles. The molecule has 1 N–H and O–H groups in total. The number of carbonyl (C=O) groups is 3. The maximum atomic E-state index is 12.7. The molecule has 3 amide bonds. The number of benzene rings is 3. The van der Waals surface area contributed by atoms with Gasteiger partial charge in [-0.25, -0.2) is 0 Å². The predicted octanol–water partition coefficient (Wildman–Crippen LogP) is 5.44. The first kappa shape index (κ1) is 25.1. The Hall–Kier alpha value is -4.04. The van der Waals surface area contributed by atoms with Crippen molar-refractivity contribution in [2.75, 3.05) is 25.1 Å². The summed E-state index contributed by atoms with van der Waals surface area (Å²) in [7, 11) is 0. The van der Waals surface area contributed by atoms with Gasteiger partial charge < -0.3 is 14.8 Å². The number of para-hydroxylation sites is 1. The highest BCUT2D eigenvalue weighted by atomic mass is 32.2. The fourth-order valence-electron chi connectivity index (χ4n) is 3.56. The highest BCUT2D eigenvalue weighted by molar-refractivity contribution is 8.18. The third-order valence-electron chi connectivity index (χ3n) is 5.40. The maximum Gasteiger partial charge on any atom is 0.293 e. The van der Waals surface area contributed by atoms with Crippen LogP contribution in [0.25, 0.3) is 6.08 Å². The summed E-state index contributed by atoms with van der Waals surface area (Å²) >= 11 is 0.903. The van der Waals surface area contributed by atoms with Gasteiger partial charge in [0.05, 0.1) is 11.4 Å². The fraction of sp³-hybridized carbons (Fsp3) is 0.179. The second kappa shape index (κ2) is 11.6. The van der Waals surface area contributed by atoms with Crippen LogP contribution in [-0.4, -0.2) is 41.7 Å². The molecule has 7 nitrogen and oxygen atoms in total. The standard InChI is InChI=1S/C28H26N2O5S/c1-19-8-13-24(20(2)16-19)29-26(31)18-35-23-11-9-21(10-12-23)17-25-27(32)30(28(33)36-25)14-15-34-22-6-4-3-5-7-22/h3-13,16-17H,14-15,18H2,1-2H3,(H,29,31)/b25-17-. The molecule has 3 aromatic carbocycles. The number of ether oxygens (including phenoxy) is 2. The molecule has 3 aromatic rings. The van der Waals surface area contributed by atoms with Gasteiger partial charge in [0.25, 0.3) is 17.1 Å². The minimum absolute atomic E-state index is 0.128. The van der Waals surface area contributed by atoms with Gasteiger partial charge in [-0.3, -0.25) is 19.3 Å². The van der Waals surface area contributed by atoms with Crippen molar-refractivity contribution in [2.45, 2.75) is 13.8 Å². The molecule has 0 aromatic heterocycles. The van der Waals surface area contributed by atoms with Gasteiger partial charge in [0.1, 0.15) is 18.1 Å². The van der Waals surface area contributed by atoms with Crippen LogP contribution in [0.2, 0.25) is 0 Å². The summed E-state index contributed by atoms with van der Waals surface area (Å²) < 4.78 is 11.2. The SMILES string of the molecule is Cc1ccc(NC(=O)COc2ccc(/C=C3\SC(=O)N(CCOc4ccccc4)C3=O)cc2)c(C)c1. The van der Waals surface area contributed by atoms with E-state index in [1.165, 1.54) is 4.90 Å². The zero-order valence-electron chi connectivity index (χ0n) is 20.0. The lowest BCUT2D eigenvalue weighted by Gasteiger charge is -2.13. The van der Waals surface area contributed by atoms with Crippen molar-refractivity contribution >= 4 is 40.6 Å². The van der Waals surface area contributed by atoms with E-state index in [-0.39, 0.29) is 36.8 Å². The number of aryl methyl sites for hydroxylation is 2. The van der Waals surface area contributed by atoms with Crippen molar-refractivity contribution in [2.24, 2.45) is 0 Å². The third-order valence-corrected chi connectivity index (χ3v) is 6.31. The highest BCUT2D eigenvalue weighted by Crippen LogP contribution is 2.32. The van der Waals surface area contributed by atoms with Crippen molar-refractivity contribution < 1.29 is 23.9 Å². The zero-order chi connectivity index (χ0) is 25.5. The molecular weight excluding hydrogens is 476 g/mol. The van der Waals surface area contributed by atoms with Crippen molar-refractivity contribution in [3.05, 3.63) is 94.4 Å². The minimum atomic E-state index is -0.343. The lowest BCUT2D eigenvalue weighted by Crippen LogP contribution is -2.32. The summed E-state index contributed by atoms with van der Waals surface area (Å²) in [5.74, 6) is 0.611. The number of nitrogens with zero attached hydrogens (tertiary/aromatic N) is 1. The number of hydrogen-bond donors (Lipinski definition) is 1. The van der Waals surface area contributed by atoms with Crippen molar-refractivity contribution in [1.29, 1.82) is 0 Å². The smallest absolute Gasteiger partial charge is 0.293 e. The van der Waals surface area contributed by atoms with E-state index in [0.717, 1.165) is 34.1 Å². The maximum absolute atomic E-state index is 12.7. The van der Waals surface area contributed by atoms with Crippen molar-refractivity contribution in [3.63, 3.8) is 0 Å². The number of hydrogen-bond acceptors (Lipinski definition) is 6. The summed E-state index contributed by atoms with van der Waals surface area (Å²) in [6.07, 6.45) is 1.67. The summed E-state index contributed by atoms with van der Waals surface area (Å²) in [5.41, 5.74) is 3.61. The van der Waals surface area contributed by atoms with E-state index < -0.39 is 0 Å². The topological polar surface area (TPSA) is 84.9 Å². The minimum Gasteiger partial charge on any atom is -0.492 e. The number of imide groups is 1. The van der Waals surface area contributed by atoms with Crippen LogP contribution >= 0.6 is 11.8 Å². The van der Waals surface area contributed by atoms with Gasteiger partial charge >= 0.3 is 0 Å². The van der Waals surface area contributed by atoms with Crippen LogP contribution in [-0.2, 0) is 9.59 Å². The quantitative estimate of drug-likeness (QED) is 0.393. The summed E-state index contributed by atoms with van der Waals surface area (Å²) in [6, 6.07) is 22.0. The molecule has 184 valence electrons. The number of carbonyl (C=O) groups excluding carboxylic acids is 3. The highest BCUT2D eigenvalue weighted by Gasteiger charge is 2.34. The largest absolute Gasteiger partial charge is 0.492 e. The molecule has 0 radical (unpaired) electrons. The molecule has 0 atom stereocenters. The molecule has 4 rings (SSSR count). The Balaban J connectivity index is 1.28. The van der Waals surface area contributed by atoms with Crippen molar-refractivity contribution in [1.82, 2.24) is 4.90 Å². The average Bonchev–Trinajstić information content (AvgIpc) is 3.13. The van der Waals surface area contributed by atoms with E-state index in [0.29, 0.717) is 16.4 Å². The van der Waals surface area contributed by atoms with E-state index in [2.05, 4.69) is 5.32 Å². The van der Waals surface area contributed by atoms with E-state index in [9.17, 15) is 14.4 Å². The van der Waals surface area contributed by atoms with Gasteiger partial charge in [-0.1, -0.05) is 48.0 Å². The van der Waals surface area contributed by atoms with Gasteiger partial charge in [-0.2, -0.15) is 0 Å². The van der Waals surface area contributed by atoms with Crippen molar-refractivity contribution in [3.8, 4) is 11.5 Å². The molecular formula is C28H26N2O5S. The molecule has 1 aliphatic heterocycles. The summed E-state index contributed by atoms with van der Waals surface area (Å²) in [6.45, 7) is 4.21. The molecule has 8 heteroatoms. The Bertz CT molecular complexity index is 1290. The Labute approximate surface area is 214 Å². The van der Waals surface area contributed by atoms with Crippen LogP contribution in [0.4, 0.5) is 10.5 Å². The Morgan fingerprint density at radius 2 is 1.67 bits per heavy atom. The average molecular weight is 503 g/mol. The predicted molar refractivity (Wildman–Crippen MR) is 141 cm³/mol. The first-order valence-corrected chi connectivity index (χ1v) is 12.2. The molecule has 0 spiro atoms. The van der Waals surface area contributed by atoms with Crippen LogP contribution in [0.3, 0.4) is 0 Å². The number of rotatable bonds is 9. The Morgan fingerprint density at radius 3 is 2.39 bits per heavy atom. The van der Waals surface area contributed by atoms with E-state index in [1.807, 2.05) is 62.4 Å². The second-order valence-corrected chi connectivity index (χ2v) is 9.21. The number of nitrogens with one attached hydrogen (secondary N) is 1. The lowest BCUT2D eigenvalue weighted by atomic mass is 10.1. The van der Waals surface area contributed by atoms with Crippen LogP contribution in [0.5, 0.6) is 11.5 Å². The van der Waals surface area contributed by atoms with Crippen LogP contribution in [0.1, 0.15) is 16.7 Å². The van der Waals surface area contributed by atoms with E-state index >= 15 is 0 Å². The third kappa shape index (κ3) is 6.55.